The first-order chi connectivity index (χ1) is 16.8. The SMILES string of the molecule is Cc1ccc(CN(Cc2ccccc2)C(=O)CN(CC2CCCO2)S(=O)(=O)c2ccc(Cl)cc2)o1. The van der Waals surface area contributed by atoms with Crippen LogP contribution in [0.15, 0.2) is 76.0 Å². The molecule has 1 unspecified atom stereocenters. The number of sulfonamides is 1. The Morgan fingerprint density at radius 3 is 2.40 bits per heavy atom. The van der Waals surface area contributed by atoms with Crippen molar-refractivity contribution in [2.45, 2.75) is 43.9 Å². The van der Waals surface area contributed by atoms with Gasteiger partial charge in [0.1, 0.15) is 11.5 Å². The second-order valence-electron chi connectivity index (χ2n) is 8.63. The zero-order valence-electron chi connectivity index (χ0n) is 19.6. The molecule has 0 bridgehead atoms. The fourth-order valence-electron chi connectivity index (χ4n) is 4.06. The van der Waals surface area contributed by atoms with Gasteiger partial charge in [0.25, 0.3) is 0 Å². The van der Waals surface area contributed by atoms with Crippen molar-refractivity contribution in [3.05, 3.63) is 88.8 Å². The predicted octanol–water partition coefficient (Wildman–Crippen LogP) is 4.64. The molecule has 35 heavy (non-hydrogen) atoms. The average Bonchev–Trinajstić information content (AvgIpc) is 3.50. The van der Waals surface area contributed by atoms with Crippen LogP contribution in [0, 0.1) is 6.92 Å². The molecule has 1 saturated heterocycles. The minimum absolute atomic E-state index is 0.0870. The van der Waals surface area contributed by atoms with Crippen LogP contribution in [0.2, 0.25) is 5.02 Å². The molecule has 1 fully saturated rings. The molecule has 0 saturated carbocycles. The number of hydrogen-bond acceptors (Lipinski definition) is 5. The molecule has 2 heterocycles. The van der Waals surface area contributed by atoms with Gasteiger partial charge in [-0.05, 0) is 61.7 Å². The molecule has 1 aromatic heterocycles. The maximum Gasteiger partial charge on any atom is 0.243 e. The van der Waals surface area contributed by atoms with Crippen LogP contribution in [0.4, 0.5) is 0 Å². The second-order valence-corrected chi connectivity index (χ2v) is 11.0. The topological polar surface area (TPSA) is 80.1 Å². The van der Waals surface area contributed by atoms with E-state index in [0.29, 0.717) is 23.9 Å². The highest BCUT2D eigenvalue weighted by Gasteiger charge is 2.32. The van der Waals surface area contributed by atoms with Crippen LogP contribution in [-0.4, -0.2) is 49.3 Å². The van der Waals surface area contributed by atoms with E-state index in [4.69, 9.17) is 20.8 Å². The van der Waals surface area contributed by atoms with E-state index >= 15 is 0 Å². The summed E-state index contributed by atoms with van der Waals surface area (Å²) in [5.74, 6) is 1.06. The number of rotatable bonds is 10. The number of nitrogens with zero attached hydrogens (tertiary/aromatic N) is 2. The first-order valence-corrected chi connectivity index (χ1v) is 13.4. The molecule has 7 nitrogen and oxygen atoms in total. The maximum absolute atomic E-state index is 13.6. The van der Waals surface area contributed by atoms with Gasteiger partial charge in [-0.25, -0.2) is 8.42 Å². The number of carbonyl (C=O) groups excluding carboxylic acids is 1. The summed E-state index contributed by atoms with van der Waals surface area (Å²) in [6.45, 7) is 2.79. The van der Waals surface area contributed by atoms with E-state index in [0.717, 1.165) is 24.2 Å². The number of hydrogen-bond donors (Lipinski definition) is 0. The quantitative estimate of drug-likeness (QED) is 0.392. The van der Waals surface area contributed by atoms with E-state index < -0.39 is 10.0 Å². The minimum atomic E-state index is -3.95. The molecular weight excluding hydrogens is 488 g/mol. The first-order valence-electron chi connectivity index (χ1n) is 11.6. The highest BCUT2D eigenvalue weighted by Crippen LogP contribution is 2.23. The van der Waals surface area contributed by atoms with Gasteiger partial charge in [0, 0.05) is 24.7 Å². The molecule has 0 aliphatic carbocycles. The lowest BCUT2D eigenvalue weighted by molar-refractivity contribution is -0.133. The highest BCUT2D eigenvalue weighted by atomic mass is 35.5. The lowest BCUT2D eigenvalue weighted by atomic mass is 10.2. The molecule has 0 spiro atoms. The fraction of sp³-hybridized carbons (Fsp3) is 0.346. The largest absolute Gasteiger partial charge is 0.464 e. The van der Waals surface area contributed by atoms with Gasteiger partial charge < -0.3 is 14.1 Å². The van der Waals surface area contributed by atoms with Gasteiger partial charge in [0.15, 0.2) is 0 Å². The normalized spacial score (nSPS) is 16.0. The molecule has 9 heteroatoms. The lowest BCUT2D eigenvalue weighted by Crippen LogP contribution is -2.45. The van der Waals surface area contributed by atoms with Crippen molar-refractivity contribution in [1.82, 2.24) is 9.21 Å². The summed E-state index contributed by atoms with van der Waals surface area (Å²) in [5.41, 5.74) is 0.940. The van der Waals surface area contributed by atoms with Gasteiger partial charge in [0.05, 0.1) is 24.1 Å². The van der Waals surface area contributed by atoms with Crippen LogP contribution in [0.3, 0.4) is 0 Å². The summed E-state index contributed by atoms with van der Waals surface area (Å²) in [7, 11) is -3.95. The van der Waals surface area contributed by atoms with Crippen LogP contribution in [0.5, 0.6) is 0 Å². The monoisotopic (exact) mass is 516 g/mol. The van der Waals surface area contributed by atoms with Gasteiger partial charge in [-0.3, -0.25) is 4.79 Å². The summed E-state index contributed by atoms with van der Waals surface area (Å²) in [4.78, 5) is 15.3. The molecule has 4 rings (SSSR count). The van der Waals surface area contributed by atoms with Gasteiger partial charge >= 0.3 is 0 Å². The Bertz CT molecular complexity index is 1220. The van der Waals surface area contributed by atoms with E-state index in [1.54, 1.807) is 4.90 Å². The lowest BCUT2D eigenvalue weighted by Gasteiger charge is -2.28. The Morgan fingerprint density at radius 1 is 1.03 bits per heavy atom. The van der Waals surface area contributed by atoms with Crippen molar-refractivity contribution < 1.29 is 22.4 Å². The third kappa shape index (κ3) is 6.73. The second kappa shape index (κ2) is 11.4. The third-order valence-corrected chi connectivity index (χ3v) is 7.98. The number of ether oxygens (including phenoxy) is 1. The number of aryl methyl sites for hydroxylation is 1. The average molecular weight is 517 g/mol. The summed E-state index contributed by atoms with van der Waals surface area (Å²) in [6, 6.07) is 19.2. The summed E-state index contributed by atoms with van der Waals surface area (Å²) >= 11 is 5.96. The maximum atomic E-state index is 13.6. The van der Waals surface area contributed by atoms with E-state index in [9.17, 15) is 13.2 Å². The smallest absolute Gasteiger partial charge is 0.243 e. The highest BCUT2D eigenvalue weighted by molar-refractivity contribution is 7.89. The van der Waals surface area contributed by atoms with Crippen molar-refractivity contribution in [2.24, 2.45) is 0 Å². The van der Waals surface area contributed by atoms with Crippen molar-refractivity contribution in [1.29, 1.82) is 0 Å². The Morgan fingerprint density at radius 2 is 1.77 bits per heavy atom. The number of carbonyl (C=O) groups is 1. The summed E-state index contributed by atoms with van der Waals surface area (Å²) in [6.07, 6.45) is 1.37. The van der Waals surface area contributed by atoms with Gasteiger partial charge in [0.2, 0.25) is 15.9 Å². The van der Waals surface area contributed by atoms with E-state index in [2.05, 4.69) is 0 Å². The standard InChI is InChI=1S/C26H29ClN2O5S/c1-20-9-12-24(34-20)17-28(16-21-6-3-2-4-7-21)26(30)19-29(18-23-8-5-15-33-23)35(31,32)25-13-10-22(27)11-14-25/h2-4,6-7,9-14,23H,5,8,15-19H2,1H3. The van der Waals surface area contributed by atoms with Gasteiger partial charge in [-0.15, -0.1) is 0 Å². The molecule has 2 aromatic carbocycles. The van der Waals surface area contributed by atoms with Crippen LogP contribution < -0.4 is 0 Å². The van der Waals surface area contributed by atoms with Gasteiger partial charge in [-0.2, -0.15) is 4.31 Å². The van der Waals surface area contributed by atoms with Crippen molar-refractivity contribution in [3.8, 4) is 0 Å². The van der Waals surface area contributed by atoms with Crippen molar-refractivity contribution >= 4 is 27.5 Å². The molecular formula is C26H29ClN2O5S. The Labute approximate surface area is 211 Å². The number of benzene rings is 2. The number of furan rings is 1. The zero-order chi connectivity index (χ0) is 24.8. The Balaban J connectivity index is 1.59. The molecule has 0 radical (unpaired) electrons. The Hall–Kier alpha value is -2.65. The molecule has 1 aliphatic heterocycles. The van der Waals surface area contributed by atoms with Crippen LogP contribution >= 0.6 is 11.6 Å². The molecule has 1 atom stereocenters. The van der Waals surface area contributed by atoms with Crippen LogP contribution in [0.25, 0.3) is 0 Å². The van der Waals surface area contributed by atoms with E-state index in [1.165, 1.54) is 28.6 Å². The number of halogens is 1. The van der Waals surface area contributed by atoms with Crippen LogP contribution in [-0.2, 0) is 32.6 Å². The molecule has 186 valence electrons. The van der Waals surface area contributed by atoms with E-state index in [-0.39, 0.29) is 36.5 Å². The number of amides is 1. The summed E-state index contributed by atoms with van der Waals surface area (Å²) < 4.78 is 39.7. The Kier molecular flexibility index (Phi) is 8.28. The van der Waals surface area contributed by atoms with Gasteiger partial charge in [-0.1, -0.05) is 41.9 Å². The van der Waals surface area contributed by atoms with Crippen LogP contribution in [0.1, 0.15) is 29.9 Å². The van der Waals surface area contributed by atoms with E-state index in [1.807, 2.05) is 49.4 Å². The minimum Gasteiger partial charge on any atom is -0.464 e. The van der Waals surface area contributed by atoms with Crippen molar-refractivity contribution in [2.75, 3.05) is 19.7 Å². The third-order valence-electron chi connectivity index (χ3n) is 5.91. The molecule has 1 amide bonds. The molecule has 3 aromatic rings. The fourth-order valence-corrected chi connectivity index (χ4v) is 5.61. The summed E-state index contributed by atoms with van der Waals surface area (Å²) in [5, 5.41) is 0.438. The predicted molar refractivity (Wildman–Crippen MR) is 133 cm³/mol. The molecule has 1 aliphatic rings. The molecule has 0 N–H and O–H groups in total. The zero-order valence-corrected chi connectivity index (χ0v) is 21.2. The van der Waals surface area contributed by atoms with Crippen molar-refractivity contribution in [3.63, 3.8) is 0 Å². The first kappa shape index (κ1) is 25.4.